The molecule has 1 N–H and O–H groups in total. The topological polar surface area (TPSA) is 87.8 Å². The van der Waals surface area contributed by atoms with Gasteiger partial charge >= 0.3 is 0 Å². The van der Waals surface area contributed by atoms with E-state index in [-0.39, 0.29) is 15.6 Å². The van der Waals surface area contributed by atoms with Crippen LogP contribution >= 0.6 is 27.3 Å². The van der Waals surface area contributed by atoms with Crippen LogP contribution in [-0.4, -0.2) is 18.2 Å². The zero-order valence-corrected chi connectivity index (χ0v) is 12.3. The van der Waals surface area contributed by atoms with Crippen LogP contribution < -0.4 is 4.72 Å². The monoisotopic (exact) mass is 346 g/mol. The highest BCUT2D eigenvalue weighted by Gasteiger charge is 2.22. The number of anilines is 1. The molecular weight excluding hydrogens is 340 g/mol. The first kappa shape index (κ1) is 13.1. The molecule has 2 aromatic heterocycles. The Morgan fingerprint density at radius 2 is 2.33 bits per heavy atom. The first-order chi connectivity index (χ1) is 8.44. The molecular formula is C9H7BrN4O2S2. The molecule has 0 aliphatic rings. The fourth-order valence-electron chi connectivity index (χ4n) is 1.29. The van der Waals surface area contributed by atoms with E-state index >= 15 is 0 Å². The van der Waals surface area contributed by atoms with E-state index in [4.69, 9.17) is 5.26 Å². The summed E-state index contributed by atoms with van der Waals surface area (Å²) in [6.07, 6.45) is 1.45. The van der Waals surface area contributed by atoms with Crippen LogP contribution in [0.15, 0.2) is 26.3 Å². The first-order valence-corrected chi connectivity index (χ1v) is 7.79. The van der Waals surface area contributed by atoms with Crippen LogP contribution in [0.25, 0.3) is 0 Å². The number of hydrogen-bond acceptors (Lipinski definition) is 5. The number of aromatic nitrogens is 2. The number of aryl methyl sites for hydroxylation is 1. The van der Waals surface area contributed by atoms with Gasteiger partial charge in [0.1, 0.15) is 11.6 Å². The van der Waals surface area contributed by atoms with Gasteiger partial charge in [-0.3, -0.25) is 9.40 Å². The molecule has 2 heterocycles. The summed E-state index contributed by atoms with van der Waals surface area (Å²) in [5, 5.41) is 14.4. The average molecular weight is 347 g/mol. The predicted octanol–water partition coefficient (Wildman–Crippen LogP) is 1.92. The molecule has 0 saturated heterocycles. The third-order valence-corrected chi connectivity index (χ3v) is 6.02. The second-order valence-corrected chi connectivity index (χ2v) is 6.99. The number of nitrogens with one attached hydrogen (secondary N) is 1. The standard InChI is InChI=1S/C9H7BrN4O2S2/c1-14-5-6(4-11)8(12-14)13-18(15,16)9-7(10)2-3-17-9/h2-3,5H,1H3,(H,12,13). The maximum Gasteiger partial charge on any atom is 0.273 e. The lowest BCUT2D eigenvalue weighted by molar-refractivity contribution is 0.602. The Morgan fingerprint density at radius 3 is 2.89 bits per heavy atom. The highest BCUT2D eigenvalue weighted by molar-refractivity contribution is 9.10. The van der Waals surface area contributed by atoms with Crippen molar-refractivity contribution in [2.75, 3.05) is 4.72 Å². The van der Waals surface area contributed by atoms with E-state index in [0.717, 1.165) is 11.3 Å². The minimum atomic E-state index is -3.73. The molecule has 6 nitrogen and oxygen atoms in total. The highest BCUT2D eigenvalue weighted by atomic mass is 79.9. The normalized spacial score (nSPS) is 11.2. The highest BCUT2D eigenvalue weighted by Crippen LogP contribution is 2.29. The van der Waals surface area contributed by atoms with Crippen LogP contribution in [0.1, 0.15) is 5.56 Å². The van der Waals surface area contributed by atoms with Crippen LogP contribution in [0.3, 0.4) is 0 Å². The van der Waals surface area contributed by atoms with Crippen molar-refractivity contribution in [3.8, 4) is 6.07 Å². The fraction of sp³-hybridized carbons (Fsp3) is 0.111. The Balaban J connectivity index is 2.40. The number of nitriles is 1. The van der Waals surface area contributed by atoms with Gasteiger partial charge in [-0.25, -0.2) is 8.42 Å². The molecule has 2 rings (SSSR count). The summed E-state index contributed by atoms with van der Waals surface area (Å²) in [4.78, 5) is 0. The fourth-order valence-corrected chi connectivity index (χ4v) is 4.65. The number of thiophene rings is 1. The van der Waals surface area contributed by atoms with Crippen molar-refractivity contribution in [2.24, 2.45) is 7.05 Å². The van der Waals surface area contributed by atoms with Crippen LogP contribution in [0.5, 0.6) is 0 Å². The van der Waals surface area contributed by atoms with E-state index in [9.17, 15) is 8.42 Å². The molecule has 0 fully saturated rings. The summed E-state index contributed by atoms with van der Waals surface area (Å²) in [5.74, 6) is 0.0281. The molecule has 2 aromatic rings. The smallest absolute Gasteiger partial charge is 0.272 e. The maximum atomic E-state index is 12.1. The summed E-state index contributed by atoms with van der Waals surface area (Å²) < 4.78 is 28.4. The molecule has 18 heavy (non-hydrogen) atoms. The molecule has 0 aromatic carbocycles. The van der Waals surface area contributed by atoms with E-state index in [2.05, 4.69) is 25.8 Å². The summed E-state index contributed by atoms with van der Waals surface area (Å²) >= 11 is 4.24. The average Bonchev–Trinajstić information content (AvgIpc) is 2.84. The van der Waals surface area contributed by atoms with Gasteiger partial charge in [-0.2, -0.15) is 10.4 Å². The maximum absolute atomic E-state index is 12.1. The van der Waals surface area contributed by atoms with Crippen LogP contribution in [-0.2, 0) is 17.1 Å². The number of nitrogens with zero attached hydrogens (tertiary/aromatic N) is 3. The minimum absolute atomic E-state index is 0.0281. The van der Waals surface area contributed by atoms with Crippen LogP contribution in [0, 0.1) is 11.3 Å². The zero-order chi connectivity index (χ0) is 13.3. The summed E-state index contributed by atoms with van der Waals surface area (Å²) in [6.45, 7) is 0. The number of sulfonamides is 1. The Kier molecular flexibility index (Phi) is 3.43. The van der Waals surface area contributed by atoms with Gasteiger partial charge in [0.25, 0.3) is 10.0 Å². The van der Waals surface area contributed by atoms with Crippen molar-refractivity contribution < 1.29 is 8.42 Å². The molecule has 94 valence electrons. The quantitative estimate of drug-likeness (QED) is 0.919. The lowest BCUT2D eigenvalue weighted by atomic mass is 10.4. The van der Waals surface area contributed by atoms with Crippen LogP contribution in [0.2, 0.25) is 0 Å². The SMILES string of the molecule is Cn1cc(C#N)c(NS(=O)(=O)c2sccc2Br)n1. The summed E-state index contributed by atoms with van der Waals surface area (Å²) in [7, 11) is -2.11. The zero-order valence-electron chi connectivity index (χ0n) is 9.08. The molecule has 9 heteroatoms. The molecule has 0 amide bonds. The van der Waals surface area contributed by atoms with E-state index in [0.29, 0.717) is 4.47 Å². The number of halogens is 1. The van der Waals surface area contributed by atoms with Crippen molar-refractivity contribution in [1.82, 2.24) is 9.78 Å². The van der Waals surface area contributed by atoms with Gasteiger partial charge in [0, 0.05) is 17.7 Å². The van der Waals surface area contributed by atoms with Gasteiger partial charge in [0.15, 0.2) is 10.0 Å². The molecule has 0 radical (unpaired) electrons. The van der Waals surface area contributed by atoms with E-state index < -0.39 is 10.0 Å². The molecule has 0 bridgehead atoms. The van der Waals surface area contributed by atoms with Gasteiger partial charge in [0.2, 0.25) is 0 Å². The van der Waals surface area contributed by atoms with E-state index in [1.807, 2.05) is 6.07 Å². The largest absolute Gasteiger partial charge is 0.273 e. The second kappa shape index (κ2) is 4.72. The molecule has 0 spiro atoms. The van der Waals surface area contributed by atoms with E-state index in [1.54, 1.807) is 18.5 Å². The number of hydrogen-bond donors (Lipinski definition) is 1. The minimum Gasteiger partial charge on any atom is -0.272 e. The molecule has 0 aliphatic carbocycles. The van der Waals surface area contributed by atoms with Crippen molar-refractivity contribution in [2.45, 2.75) is 4.21 Å². The van der Waals surface area contributed by atoms with Gasteiger partial charge < -0.3 is 0 Å². The van der Waals surface area contributed by atoms with Gasteiger partial charge in [-0.1, -0.05) is 0 Å². The number of rotatable bonds is 3. The summed E-state index contributed by atoms with van der Waals surface area (Å²) in [5.41, 5.74) is 0.175. The van der Waals surface area contributed by atoms with Crippen molar-refractivity contribution in [1.29, 1.82) is 5.26 Å². The van der Waals surface area contributed by atoms with Gasteiger partial charge in [0.05, 0.1) is 0 Å². The van der Waals surface area contributed by atoms with Crippen molar-refractivity contribution in [3.05, 3.63) is 27.7 Å². The Morgan fingerprint density at radius 1 is 1.61 bits per heavy atom. The lowest BCUT2D eigenvalue weighted by Gasteiger charge is -2.03. The van der Waals surface area contributed by atoms with Crippen LogP contribution in [0.4, 0.5) is 5.82 Å². The van der Waals surface area contributed by atoms with Gasteiger partial charge in [-0.15, -0.1) is 11.3 Å². The van der Waals surface area contributed by atoms with Crippen molar-refractivity contribution in [3.63, 3.8) is 0 Å². The summed E-state index contributed by atoms with van der Waals surface area (Å²) in [6, 6.07) is 3.52. The third-order valence-electron chi connectivity index (χ3n) is 2.01. The molecule has 0 saturated carbocycles. The Bertz CT molecular complexity index is 726. The first-order valence-electron chi connectivity index (χ1n) is 4.63. The van der Waals surface area contributed by atoms with Crippen molar-refractivity contribution >= 4 is 43.1 Å². The Hall–Kier alpha value is -1.37. The predicted molar refractivity (Wildman–Crippen MR) is 70.8 cm³/mol. The lowest BCUT2D eigenvalue weighted by Crippen LogP contribution is -2.13. The van der Waals surface area contributed by atoms with Gasteiger partial charge in [-0.05, 0) is 27.4 Å². The molecule has 0 aliphatic heterocycles. The third kappa shape index (κ3) is 2.40. The second-order valence-electron chi connectivity index (χ2n) is 3.34. The van der Waals surface area contributed by atoms with E-state index in [1.165, 1.54) is 10.9 Å². The molecule has 0 unspecified atom stereocenters. The Labute approximate surface area is 116 Å². The molecule has 0 atom stereocenters.